The molecule has 0 spiro atoms. The topological polar surface area (TPSA) is 71.7 Å². The Morgan fingerprint density at radius 3 is 2.72 bits per heavy atom. The fourth-order valence-electron chi connectivity index (χ4n) is 1.49. The van der Waals surface area contributed by atoms with Crippen LogP contribution in [0.1, 0.15) is 12.5 Å². The minimum absolute atomic E-state index is 0.311. The fourth-order valence-corrected chi connectivity index (χ4v) is 1.49. The van der Waals surface area contributed by atoms with Crippen LogP contribution in [0.3, 0.4) is 0 Å². The third-order valence-corrected chi connectivity index (χ3v) is 2.28. The van der Waals surface area contributed by atoms with Crippen LogP contribution in [0.2, 0.25) is 0 Å². The fraction of sp³-hybridized carbons (Fsp3) is 0.231. The van der Waals surface area contributed by atoms with Crippen LogP contribution in [0.5, 0.6) is 5.88 Å². The Labute approximate surface area is 105 Å². The molecule has 0 radical (unpaired) electrons. The van der Waals surface area contributed by atoms with E-state index in [0.29, 0.717) is 24.7 Å². The van der Waals surface area contributed by atoms with Gasteiger partial charge in [-0.15, -0.1) is 0 Å². The Bertz CT molecular complexity index is 560. The Morgan fingerprint density at radius 2 is 2.06 bits per heavy atom. The van der Waals surface area contributed by atoms with Gasteiger partial charge >= 0.3 is 0 Å². The predicted octanol–water partition coefficient (Wildman–Crippen LogP) is 2.00. The first-order chi connectivity index (χ1) is 8.85. The second kappa shape index (κ2) is 5.73. The van der Waals surface area contributed by atoms with Crippen molar-refractivity contribution in [2.24, 2.45) is 0 Å². The van der Waals surface area contributed by atoms with Crippen LogP contribution in [0.15, 0.2) is 30.7 Å². The van der Waals surface area contributed by atoms with Crippen molar-refractivity contribution >= 4 is 0 Å². The smallest absolute Gasteiger partial charge is 0.224 e. The van der Waals surface area contributed by atoms with Crippen molar-refractivity contribution in [1.82, 2.24) is 15.0 Å². The number of hydrogen-bond donors (Lipinski definition) is 0. The van der Waals surface area contributed by atoms with Crippen LogP contribution < -0.4 is 4.74 Å². The first-order valence-corrected chi connectivity index (χ1v) is 5.61. The third-order valence-electron chi connectivity index (χ3n) is 2.28. The molecule has 2 aromatic rings. The minimum Gasteiger partial charge on any atom is -0.477 e. The maximum atomic E-state index is 8.58. The number of pyridine rings is 1. The summed E-state index contributed by atoms with van der Waals surface area (Å²) in [5.41, 5.74) is 1.55. The van der Waals surface area contributed by atoms with E-state index in [9.17, 15) is 0 Å². The van der Waals surface area contributed by atoms with Crippen molar-refractivity contribution in [2.45, 2.75) is 13.3 Å². The van der Waals surface area contributed by atoms with Crippen molar-refractivity contribution in [1.29, 1.82) is 5.26 Å². The summed E-state index contributed by atoms with van der Waals surface area (Å²) < 4.78 is 5.43. The Kier molecular flexibility index (Phi) is 3.82. The predicted molar refractivity (Wildman–Crippen MR) is 65.7 cm³/mol. The average Bonchev–Trinajstić information content (AvgIpc) is 2.41. The molecule has 0 unspecified atom stereocenters. The van der Waals surface area contributed by atoms with Gasteiger partial charge in [0.25, 0.3) is 0 Å². The summed E-state index contributed by atoms with van der Waals surface area (Å²) in [7, 11) is 0. The molecule has 0 bridgehead atoms. The van der Waals surface area contributed by atoms with E-state index in [2.05, 4.69) is 21.0 Å². The summed E-state index contributed by atoms with van der Waals surface area (Å²) in [5, 5.41) is 8.58. The molecule has 0 aliphatic rings. The molecule has 0 N–H and O–H groups in total. The molecule has 0 fully saturated rings. The second-order valence-corrected chi connectivity index (χ2v) is 3.54. The summed E-state index contributed by atoms with van der Waals surface area (Å²) in [4.78, 5) is 12.6. The van der Waals surface area contributed by atoms with Crippen molar-refractivity contribution in [3.8, 4) is 23.3 Å². The highest BCUT2D eigenvalue weighted by atomic mass is 16.5. The molecule has 0 saturated heterocycles. The van der Waals surface area contributed by atoms with Gasteiger partial charge < -0.3 is 4.74 Å². The number of ether oxygens (including phenoxy) is 1. The molecule has 90 valence electrons. The highest BCUT2D eigenvalue weighted by Gasteiger charge is 2.09. The van der Waals surface area contributed by atoms with Gasteiger partial charge in [-0.25, -0.2) is 15.0 Å². The van der Waals surface area contributed by atoms with Crippen LogP contribution in [0, 0.1) is 11.3 Å². The standard InChI is InChI=1S/C13H12N4O/c1-2-18-13-11(4-3-7-15-13)12-16-8-10(5-6-14)9-17-12/h3-4,7-9H,2,5H2,1H3. The molecule has 0 amide bonds. The number of rotatable bonds is 4. The maximum Gasteiger partial charge on any atom is 0.224 e. The van der Waals surface area contributed by atoms with Crippen LogP contribution in [-0.4, -0.2) is 21.6 Å². The first-order valence-electron chi connectivity index (χ1n) is 5.61. The van der Waals surface area contributed by atoms with Gasteiger partial charge in [0.1, 0.15) is 0 Å². The van der Waals surface area contributed by atoms with Gasteiger partial charge in [0, 0.05) is 24.2 Å². The molecule has 5 nitrogen and oxygen atoms in total. The largest absolute Gasteiger partial charge is 0.477 e. The Morgan fingerprint density at radius 1 is 1.28 bits per heavy atom. The van der Waals surface area contributed by atoms with Gasteiger partial charge in [-0.3, -0.25) is 0 Å². The zero-order valence-electron chi connectivity index (χ0n) is 10.00. The summed E-state index contributed by atoms with van der Waals surface area (Å²) in [6, 6.07) is 5.73. The molecule has 2 heterocycles. The van der Waals surface area contributed by atoms with Crippen LogP contribution in [0.25, 0.3) is 11.4 Å². The molecule has 0 atom stereocenters. The molecule has 5 heteroatoms. The monoisotopic (exact) mass is 240 g/mol. The van der Waals surface area contributed by atoms with Crippen LogP contribution in [0.4, 0.5) is 0 Å². The van der Waals surface area contributed by atoms with Crippen LogP contribution in [-0.2, 0) is 6.42 Å². The van der Waals surface area contributed by atoms with Crippen molar-refractivity contribution < 1.29 is 4.74 Å². The van der Waals surface area contributed by atoms with Gasteiger partial charge in [-0.05, 0) is 19.1 Å². The van der Waals surface area contributed by atoms with Crippen molar-refractivity contribution in [3.05, 3.63) is 36.3 Å². The van der Waals surface area contributed by atoms with Crippen molar-refractivity contribution in [2.75, 3.05) is 6.61 Å². The molecule has 0 aliphatic carbocycles. The van der Waals surface area contributed by atoms with E-state index in [-0.39, 0.29) is 0 Å². The van der Waals surface area contributed by atoms with Gasteiger partial charge in [0.15, 0.2) is 5.82 Å². The molecular formula is C13H12N4O. The minimum atomic E-state index is 0.311. The summed E-state index contributed by atoms with van der Waals surface area (Å²) in [5.74, 6) is 1.07. The highest BCUT2D eigenvalue weighted by molar-refractivity contribution is 5.60. The molecular weight excluding hydrogens is 228 g/mol. The Balaban J connectivity index is 2.33. The lowest BCUT2D eigenvalue weighted by molar-refractivity contribution is 0.328. The zero-order chi connectivity index (χ0) is 12.8. The lowest BCUT2D eigenvalue weighted by atomic mass is 10.2. The molecule has 18 heavy (non-hydrogen) atoms. The second-order valence-electron chi connectivity index (χ2n) is 3.54. The van der Waals surface area contributed by atoms with Gasteiger partial charge in [-0.1, -0.05) is 0 Å². The molecule has 0 aromatic carbocycles. The molecule has 2 aromatic heterocycles. The lowest BCUT2D eigenvalue weighted by Gasteiger charge is -2.07. The normalized spacial score (nSPS) is 9.78. The van der Waals surface area contributed by atoms with Crippen LogP contribution >= 0.6 is 0 Å². The number of nitriles is 1. The summed E-state index contributed by atoms with van der Waals surface area (Å²) in [6.07, 6.45) is 5.27. The van der Waals surface area contributed by atoms with E-state index >= 15 is 0 Å². The number of hydrogen-bond acceptors (Lipinski definition) is 5. The third kappa shape index (κ3) is 2.61. The van der Waals surface area contributed by atoms with Gasteiger partial charge in [0.2, 0.25) is 5.88 Å². The van der Waals surface area contributed by atoms with Crippen molar-refractivity contribution in [3.63, 3.8) is 0 Å². The van der Waals surface area contributed by atoms with E-state index in [0.717, 1.165) is 11.1 Å². The summed E-state index contributed by atoms with van der Waals surface area (Å²) >= 11 is 0. The number of nitrogens with zero attached hydrogens (tertiary/aromatic N) is 4. The highest BCUT2D eigenvalue weighted by Crippen LogP contribution is 2.24. The molecule has 0 aliphatic heterocycles. The van der Waals surface area contributed by atoms with E-state index in [1.54, 1.807) is 18.6 Å². The van der Waals surface area contributed by atoms with E-state index in [4.69, 9.17) is 10.00 Å². The van der Waals surface area contributed by atoms with E-state index in [1.165, 1.54) is 0 Å². The quantitative estimate of drug-likeness (QED) is 0.817. The first kappa shape index (κ1) is 12.0. The molecule has 0 saturated carbocycles. The zero-order valence-corrected chi connectivity index (χ0v) is 10.00. The maximum absolute atomic E-state index is 8.58. The van der Waals surface area contributed by atoms with Gasteiger partial charge in [-0.2, -0.15) is 5.26 Å². The molecule has 2 rings (SSSR count). The lowest BCUT2D eigenvalue weighted by Crippen LogP contribution is -1.99. The SMILES string of the molecule is CCOc1ncccc1-c1ncc(CC#N)cn1. The number of aromatic nitrogens is 3. The van der Waals surface area contributed by atoms with Gasteiger partial charge in [0.05, 0.1) is 24.7 Å². The summed E-state index contributed by atoms with van der Waals surface area (Å²) in [6.45, 7) is 2.44. The average molecular weight is 240 g/mol. The Hall–Kier alpha value is -2.48. The van der Waals surface area contributed by atoms with E-state index in [1.807, 2.05) is 19.1 Å². The van der Waals surface area contributed by atoms with E-state index < -0.39 is 0 Å².